The van der Waals surface area contributed by atoms with Crippen molar-refractivity contribution in [3.8, 4) is 0 Å². The van der Waals surface area contributed by atoms with Gasteiger partial charge in [-0.2, -0.15) is 0 Å². The summed E-state index contributed by atoms with van der Waals surface area (Å²) in [6.45, 7) is 15.0. The van der Waals surface area contributed by atoms with Crippen molar-refractivity contribution in [1.29, 1.82) is 0 Å². The summed E-state index contributed by atoms with van der Waals surface area (Å²) >= 11 is 0. The Labute approximate surface area is 195 Å². The summed E-state index contributed by atoms with van der Waals surface area (Å²) in [5.41, 5.74) is 1.47. The highest BCUT2D eigenvalue weighted by Gasteiger charge is 2.64. The van der Waals surface area contributed by atoms with Gasteiger partial charge in [0.25, 0.3) is 0 Å². The Morgan fingerprint density at radius 2 is 1.81 bits per heavy atom. The first-order chi connectivity index (χ1) is 15.2. The number of carbonyl (C=O) groups excluding carboxylic acids is 1. The van der Waals surface area contributed by atoms with E-state index in [9.17, 15) is 4.79 Å². The van der Waals surface area contributed by atoms with E-state index in [-0.39, 0.29) is 27.6 Å². The molecule has 0 radical (unpaired) electrons. The standard InChI is InChI=1S/C29H43NO2/c1-6-29-19-15-23-27(4,16-11-17-28(23,5)25(31)32-7-2)24(29)14-18-26(3,20-29)21-30-22-12-9-8-10-13-22/h6,8-10,12-13,23-24,30H,1,7,11,14-21H2,2-5H3/t23-,24-,26-,27+,28+,29+/m0/s1. The van der Waals surface area contributed by atoms with Crippen LogP contribution in [-0.4, -0.2) is 19.1 Å². The molecular weight excluding hydrogens is 394 g/mol. The number of para-hydroxylation sites is 1. The molecule has 3 aliphatic rings. The number of anilines is 1. The fourth-order valence-electron chi connectivity index (χ4n) is 8.31. The van der Waals surface area contributed by atoms with E-state index in [2.05, 4.69) is 69.1 Å². The number of allylic oxidation sites excluding steroid dienone is 1. The minimum Gasteiger partial charge on any atom is -0.466 e. The zero-order valence-electron chi connectivity index (χ0n) is 20.7. The average molecular weight is 438 g/mol. The minimum absolute atomic E-state index is 0.0368. The van der Waals surface area contributed by atoms with E-state index in [1.165, 1.54) is 31.4 Å². The van der Waals surface area contributed by atoms with Crippen molar-refractivity contribution in [2.45, 2.75) is 79.1 Å². The van der Waals surface area contributed by atoms with Crippen molar-refractivity contribution >= 4 is 11.7 Å². The summed E-state index contributed by atoms with van der Waals surface area (Å²) in [5, 5.41) is 3.70. The summed E-state index contributed by atoms with van der Waals surface area (Å²) in [7, 11) is 0. The lowest BCUT2D eigenvalue weighted by molar-refractivity contribution is -0.186. The van der Waals surface area contributed by atoms with Crippen LogP contribution in [0, 0.1) is 33.5 Å². The molecule has 6 atom stereocenters. The fraction of sp³-hybridized carbons (Fsp3) is 0.690. The predicted molar refractivity (Wildman–Crippen MR) is 132 cm³/mol. The molecule has 3 saturated carbocycles. The van der Waals surface area contributed by atoms with Gasteiger partial charge in [0.05, 0.1) is 12.0 Å². The van der Waals surface area contributed by atoms with Crippen LogP contribution >= 0.6 is 0 Å². The van der Waals surface area contributed by atoms with Gasteiger partial charge in [0.1, 0.15) is 0 Å². The lowest BCUT2D eigenvalue weighted by Gasteiger charge is -2.65. The molecule has 176 valence electrons. The molecule has 0 bridgehead atoms. The van der Waals surface area contributed by atoms with E-state index in [0.717, 1.165) is 32.2 Å². The Morgan fingerprint density at radius 1 is 1.09 bits per heavy atom. The molecule has 1 aromatic rings. The van der Waals surface area contributed by atoms with E-state index in [4.69, 9.17) is 4.74 Å². The van der Waals surface area contributed by atoms with Crippen molar-refractivity contribution in [2.24, 2.45) is 33.5 Å². The van der Waals surface area contributed by atoms with Gasteiger partial charge < -0.3 is 10.1 Å². The molecule has 0 aliphatic heterocycles. The van der Waals surface area contributed by atoms with E-state index in [0.29, 0.717) is 18.4 Å². The van der Waals surface area contributed by atoms with Crippen LogP contribution in [0.3, 0.4) is 0 Å². The molecule has 0 spiro atoms. The number of carbonyl (C=O) groups is 1. The van der Waals surface area contributed by atoms with Gasteiger partial charge in [-0.15, -0.1) is 6.58 Å². The van der Waals surface area contributed by atoms with Crippen molar-refractivity contribution in [2.75, 3.05) is 18.5 Å². The number of hydrogen-bond donors (Lipinski definition) is 1. The van der Waals surface area contributed by atoms with Crippen LogP contribution in [0.2, 0.25) is 0 Å². The highest BCUT2D eigenvalue weighted by Crippen LogP contribution is 2.69. The third-order valence-electron chi connectivity index (χ3n) is 9.80. The van der Waals surface area contributed by atoms with Gasteiger partial charge in [0, 0.05) is 12.2 Å². The number of benzene rings is 1. The van der Waals surface area contributed by atoms with Gasteiger partial charge in [-0.3, -0.25) is 4.79 Å². The second-order valence-corrected chi connectivity index (χ2v) is 11.8. The maximum Gasteiger partial charge on any atom is 0.312 e. The Kier molecular flexibility index (Phi) is 6.24. The fourth-order valence-corrected chi connectivity index (χ4v) is 8.31. The molecule has 0 amide bonds. The zero-order chi connectivity index (χ0) is 23.0. The van der Waals surface area contributed by atoms with Gasteiger partial charge in [0.2, 0.25) is 0 Å². The molecule has 3 fully saturated rings. The van der Waals surface area contributed by atoms with Crippen LogP contribution < -0.4 is 5.32 Å². The van der Waals surface area contributed by atoms with Crippen LogP contribution in [0.5, 0.6) is 0 Å². The van der Waals surface area contributed by atoms with E-state index in [1.807, 2.05) is 6.92 Å². The van der Waals surface area contributed by atoms with Gasteiger partial charge in [-0.1, -0.05) is 44.5 Å². The van der Waals surface area contributed by atoms with Crippen molar-refractivity contribution in [1.82, 2.24) is 0 Å². The SMILES string of the molecule is C=C[C@]12CC[C@H]3[C@@](C)(CCC[C@@]3(C)C(=O)OCC)[C@@H]1CC[C@](C)(CNc1ccccc1)C2. The Hall–Kier alpha value is -1.77. The second kappa shape index (κ2) is 8.54. The molecule has 1 N–H and O–H groups in total. The normalized spacial score (nSPS) is 41.1. The number of fused-ring (bicyclic) bond motifs is 3. The first kappa shape index (κ1) is 23.4. The lowest BCUT2D eigenvalue weighted by atomic mass is 9.39. The van der Waals surface area contributed by atoms with E-state index < -0.39 is 0 Å². The molecule has 0 heterocycles. The molecular formula is C29H43NO2. The van der Waals surface area contributed by atoms with Crippen LogP contribution in [0.25, 0.3) is 0 Å². The van der Waals surface area contributed by atoms with Gasteiger partial charge in [-0.05, 0) is 99.0 Å². The molecule has 0 aromatic heterocycles. The van der Waals surface area contributed by atoms with Crippen LogP contribution in [-0.2, 0) is 9.53 Å². The topological polar surface area (TPSA) is 38.3 Å². The first-order valence-corrected chi connectivity index (χ1v) is 12.8. The third kappa shape index (κ3) is 3.80. The molecule has 32 heavy (non-hydrogen) atoms. The first-order valence-electron chi connectivity index (χ1n) is 12.8. The van der Waals surface area contributed by atoms with Crippen molar-refractivity contribution in [3.63, 3.8) is 0 Å². The summed E-state index contributed by atoms with van der Waals surface area (Å²) in [5.74, 6) is 1.05. The smallest absolute Gasteiger partial charge is 0.312 e. The van der Waals surface area contributed by atoms with Crippen molar-refractivity contribution in [3.05, 3.63) is 43.0 Å². The highest BCUT2D eigenvalue weighted by atomic mass is 16.5. The molecule has 0 saturated heterocycles. The monoisotopic (exact) mass is 437 g/mol. The summed E-state index contributed by atoms with van der Waals surface area (Å²) in [6, 6.07) is 10.6. The molecule has 3 nitrogen and oxygen atoms in total. The van der Waals surface area contributed by atoms with Gasteiger partial charge in [0.15, 0.2) is 0 Å². The molecule has 0 unspecified atom stereocenters. The number of esters is 1. The summed E-state index contributed by atoms with van der Waals surface area (Å²) in [6.07, 6.45) is 11.5. The largest absolute Gasteiger partial charge is 0.466 e. The van der Waals surface area contributed by atoms with Crippen molar-refractivity contribution < 1.29 is 9.53 Å². The molecule has 1 aromatic carbocycles. The summed E-state index contributed by atoms with van der Waals surface area (Å²) in [4.78, 5) is 13.1. The Morgan fingerprint density at radius 3 is 2.50 bits per heavy atom. The number of ether oxygens (including phenoxy) is 1. The van der Waals surface area contributed by atoms with Crippen LogP contribution in [0.4, 0.5) is 5.69 Å². The van der Waals surface area contributed by atoms with Crippen LogP contribution in [0.1, 0.15) is 79.1 Å². The van der Waals surface area contributed by atoms with Gasteiger partial charge >= 0.3 is 5.97 Å². The molecule has 3 heteroatoms. The maximum absolute atomic E-state index is 13.1. The second-order valence-electron chi connectivity index (χ2n) is 11.8. The zero-order valence-corrected chi connectivity index (χ0v) is 20.7. The molecule has 4 rings (SSSR count). The Bertz CT molecular complexity index is 837. The molecule has 3 aliphatic carbocycles. The lowest BCUT2D eigenvalue weighted by Crippen LogP contribution is -2.60. The van der Waals surface area contributed by atoms with E-state index in [1.54, 1.807) is 0 Å². The van der Waals surface area contributed by atoms with Crippen LogP contribution in [0.15, 0.2) is 43.0 Å². The highest BCUT2D eigenvalue weighted by molar-refractivity contribution is 5.77. The predicted octanol–water partition coefficient (Wildman–Crippen LogP) is 7.25. The van der Waals surface area contributed by atoms with Gasteiger partial charge in [-0.25, -0.2) is 0 Å². The number of rotatable bonds is 6. The minimum atomic E-state index is -0.341. The summed E-state index contributed by atoms with van der Waals surface area (Å²) < 4.78 is 5.61. The third-order valence-corrected chi connectivity index (χ3v) is 9.80. The Balaban J connectivity index is 1.57. The number of nitrogens with one attached hydrogen (secondary N) is 1. The maximum atomic E-state index is 13.1. The quantitative estimate of drug-likeness (QED) is 0.376. The van der Waals surface area contributed by atoms with E-state index >= 15 is 0 Å². The average Bonchev–Trinajstić information content (AvgIpc) is 2.78. The number of hydrogen-bond acceptors (Lipinski definition) is 3.